The van der Waals surface area contributed by atoms with Gasteiger partial charge in [-0.05, 0) is 43.7 Å². The predicted molar refractivity (Wildman–Crippen MR) is 109 cm³/mol. The van der Waals surface area contributed by atoms with Crippen molar-refractivity contribution in [3.05, 3.63) is 65.3 Å². The molecule has 27 heavy (non-hydrogen) atoms. The Morgan fingerprint density at radius 2 is 1.89 bits per heavy atom. The van der Waals surface area contributed by atoms with Crippen molar-refractivity contribution in [1.82, 2.24) is 9.88 Å². The highest BCUT2D eigenvalue weighted by Crippen LogP contribution is 2.21. The molecule has 0 spiro atoms. The molecule has 140 valence electrons. The number of para-hydroxylation sites is 1. The summed E-state index contributed by atoms with van der Waals surface area (Å²) in [6.45, 7) is 4.21. The highest BCUT2D eigenvalue weighted by molar-refractivity contribution is 6.31. The summed E-state index contributed by atoms with van der Waals surface area (Å²) in [6.07, 6.45) is 0.751. The van der Waals surface area contributed by atoms with Gasteiger partial charge in [0.05, 0.1) is 0 Å². The number of H-pyrrole nitrogens is 1. The van der Waals surface area contributed by atoms with Gasteiger partial charge in [0.1, 0.15) is 11.7 Å². The molecule has 0 saturated carbocycles. The van der Waals surface area contributed by atoms with Gasteiger partial charge in [-0.15, -0.1) is 0 Å². The van der Waals surface area contributed by atoms with Crippen molar-refractivity contribution in [3.63, 3.8) is 0 Å². The van der Waals surface area contributed by atoms with Crippen LogP contribution in [0, 0.1) is 0 Å². The number of rotatable bonds is 6. The minimum Gasteiger partial charge on any atom is -0.350 e. The Labute approximate surface area is 163 Å². The quantitative estimate of drug-likeness (QED) is 0.647. The van der Waals surface area contributed by atoms with E-state index in [4.69, 9.17) is 11.6 Å². The van der Waals surface area contributed by atoms with Crippen LogP contribution in [0.3, 0.4) is 0 Å². The molecule has 0 saturated heterocycles. The zero-order chi connectivity index (χ0) is 19.4. The first-order valence-electron chi connectivity index (χ1n) is 8.94. The summed E-state index contributed by atoms with van der Waals surface area (Å²) in [6, 6.07) is 15.8. The number of amides is 2. The topological polar surface area (TPSA) is 65.2 Å². The number of hydrogen-bond acceptors (Lipinski definition) is 2. The summed E-state index contributed by atoms with van der Waals surface area (Å²) in [5, 5.41) is 4.37. The largest absolute Gasteiger partial charge is 0.350 e. The monoisotopic (exact) mass is 383 g/mol. The molecular formula is C21H22ClN3O2. The van der Waals surface area contributed by atoms with Crippen molar-refractivity contribution in [1.29, 1.82) is 0 Å². The Balaban J connectivity index is 1.82. The van der Waals surface area contributed by atoms with E-state index >= 15 is 0 Å². The number of benzene rings is 2. The highest BCUT2D eigenvalue weighted by atomic mass is 35.5. The fraction of sp³-hybridized carbons (Fsp3) is 0.238. The van der Waals surface area contributed by atoms with Crippen molar-refractivity contribution in [2.24, 2.45) is 0 Å². The molecule has 3 aromatic rings. The molecule has 0 aliphatic rings. The van der Waals surface area contributed by atoms with Gasteiger partial charge >= 0.3 is 0 Å². The first-order valence-corrected chi connectivity index (χ1v) is 9.32. The van der Waals surface area contributed by atoms with E-state index in [1.54, 1.807) is 30.0 Å². The average molecular weight is 384 g/mol. The highest BCUT2D eigenvalue weighted by Gasteiger charge is 2.27. The van der Waals surface area contributed by atoms with Gasteiger partial charge in [-0.2, -0.15) is 0 Å². The number of nitrogens with one attached hydrogen (secondary N) is 2. The van der Waals surface area contributed by atoms with Crippen LogP contribution in [0.25, 0.3) is 10.9 Å². The lowest BCUT2D eigenvalue weighted by Crippen LogP contribution is -2.46. The standard InChI is InChI=1S/C21H22ClN3O2/c1-3-11-25(14(2)20(26)23-17-7-5-4-6-8-17)21(27)19-12-15-9-10-16(22)13-18(15)24-19/h4-10,12-14,24H,3,11H2,1-2H3,(H,23,26). The number of nitrogens with zero attached hydrogens (tertiary/aromatic N) is 1. The second-order valence-electron chi connectivity index (χ2n) is 6.44. The maximum absolute atomic E-state index is 13.1. The van der Waals surface area contributed by atoms with Crippen molar-refractivity contribution < 1.29 is 9.59 Å². The van der Waals surface area contributed by atoms with Gasteiger partial charge in [0.25, 0.3) is 5.91 Å². The van der Waals surface area contributed by atoms with Crippen LogP contribution in [0.15, 0.2) is 54.6 Å². The Kier molecular flexibility index (Phi) is 5.81. The van der Waals surface area contributed by atoms with E-state index in [2.05, 4.69) is 10.3 Å². The number of anilines is 1. The molecular weight excluding hydrogens is 362 g/mol. The van der Waals surface area contributed by atoms with Gasteiger partial charge in [-0.1, -0.05) is 42.8 Å². The lowest BCUT2D eigenvalue weighted by molar-refractivity contribution is -0.120. The van der Waals surface area contributed by atoms with Gasteiger partial charge in [-0.3, -0.25) is 9.59 Å². The number of carbonyl (C=O) groups is 2. The van der Waals surface area contributed by atoms with Crippen LogP contribution in [0.1, 0.15) is 30.8 Å². The van der Waals surface area contributed by atoms with Gasteiger partial charge < -0.3 is 15.2 Å². The van der Waals surface area contributed by atoms with Crippen LogP contribution < -0.4 is 5.32 Å². The number of aromatic nitrogens is 1. The minimum atomic E-state index is -0.604. The molecule has 3 rings (SSSR count). The Bertz CT molecular complexity index is 952. The SMILES string of the molecule is CCCN(C(=O)c1cc2ccc(Cl)cc2[nH]1)C(C)C(=O)Nc1ccccc1. The molecule has 2 amide bonds. The Morgan fingerprint density at radius 3 is 2.59 bits per heavy atom. The maximum atomic E-state index is 13.1. The van der Waals surface area contributed by atoms with Crippen LogP contribution >= 0.6 is 11.6 Å². The van der Waals surface area contributed by atoms with E-state index in [1.165, 1.54) is 0 Å². The first kappa shape index (κ1) is 19.0. The molecule has 1 aromatic heterocycles. The molecule has 0 bridgehead atoms. The van der Waals surface area contributed by atoms with Crippen LogP contribution in [0.5, 0.6) is 0 Å². The third-order valence-corrected chi connectivity index (χ3v) is 4.66. The maximum Gasteiger partial charge on any atom is 0.270 e. The summed E-state index contributed by atoms with van der Waals surface area (Å²) >= 11 is 6.02. The van der Waals surface area contributed by atoms with Gasteiger partial charge in [-0.25, -0.2) is 0 Å². The van der Waals surface area contributed by atoms with E-state index in [0.29, 0.717) is 22.9 Å². The summed E-state index contributed by atoms with van der Waals surface area (Å²) < 4.78 is 0. The zero-order valence-corrected chi connectivity index (χ0v) is 16.1. The molecule has 0 fully saturated rings. The van der Waals surface area contributed by atoms with Crippen LogP contribution in [0.4, 0.5) is 5.69 Å². The lowest BCUT2D eigenvalue weighted by Gasteiger charge is -2.27. The minimum absolute atomic E-state index is 0.208. The molecule has 2 N–H and O–H groups in total. The average Bonchev–Trinajstić information content (AvgIpc) is 3.09. The number of aromatic amines is 1. The Morgan fingerprint density at radius 1 is 1.15 bits per heavy atom. The number of carbonyl (C=O) groups excluding carboxylic acids is 2. The normalized spacial score (nSPS) is 12.0. The van der Waals surface area contributed by atoms with E-state index in [1.807, 2.05) is 43.3 Å². The fourth-order valence-corrected chi connectivity index (χ4v) is 3.16. The zero-order valence-electron chi connectivity index (χ0n) is 15.3. The fourth-order valence-electron chi connectivity index (χ4n) is 2.99. The molecule has 1 atom stereocenters. The van der Waals surface area contributed by atoms with Crippen molar-refractivity contribution in [2.45, 2.75) is 26.3 Å². The van der Waals surface area contributed by atoms with Gasteiger partial charge in [0.15, 0.2) is 0 Å². The third kappa shape index (κ3) is 4.31. The number of hydrogen-bond donors (Lipinski definition) is 2. The van der Waals surface area contributed by atoms with Gasteiger partial charge in [0.2, 0.25) is 5.91 Å². The van der Waals surface area contributed by atoms with Crippen molar-refractivity contribution >= 4 is 40.0 Å². The molecule has 0 radical (unpaired) electrons. The third-order valence-electron chi connectivity index (χ3n) is 4.43. The van der Waals surface area contributed by atoms with E-state index in [0.717, 1.165) is 17.3 Å². The molecule has 0 aliphatic carbocycles. The van der Waals surface area contributed by atoms with E-state index in [9.17, 15) is 9.59 Å². The van der Waals surface area contributed by atoms with Crippen LogP contribution in [-0.2, 0) is 4.79 Å². The summed E-state index contributed by atoms with van der Waals surface area (Å²) in [4.78, 5) is 30.4. The number of fused-ring (bicyclic) bond motifs is 1. The second-order valence-corrected chi connectivity index (χ2v) is 6.88. The molecule has 6 heteroatoms. The van der Waals surface area contributed by atoms with Gasteiger partial charge in [0, 0.05) is 28.2 Å². The van der Waals surface area contributed by atoms with E-state index < -0.39 is 6.04 Å². The second kappa shape index (κ2) is 8.27. The Hall–Kier alpha value is -2.79. The molecule has 1 heterocycles. The predicted octanol–water partition coefficient (Wildman–Crippen LogP) is 4.70. The first-order chi connectivity index (χ1) is 13.0. The molecule has 5 nitrogen and oxygen atoms in total. The number of halogens is 1. The van der Waals surface area contributed by atoms with Crippen molar-refractivity contribution in [2.75, 3.05) is 11.9 Å². The van der Waals surface area contributed by atoms with E-state index in [-0.39, 0.29) is 11.8 Å². The smallest absolute Gasteiger partial charge is 0.270 e. The summed E-state index contributed by atoms with van der Waals surface area (Å²) in [7, 11) is 0. The summed E-state index contributed by atoms with van der Waals surface area (Å²) in [5.74, 6) is -0.429. The van der Waals surface area contributed by atoms with Crippen molar-refractivity contribution in [3.8, 4) is 0 Å². The van der Waals surface area contributed by atoms with Crippen LogP contribution in [0.2, 0.25) is 5.02 Å². The molecule has 1 unspecified atom stereocenters. The summed E-state index contributed by atoms with van der Waals surface area (Å²) in [5.41, 5.74) is 1.95. The molecule has 2 aromatic carbocycles. The molecule has 0 aliphatic heterocycles. The lowest BCUT2D eigenvalue weighted by atomic mass is 10.2. The van der Waals surface area contributed by atoms with Crippen LogP contribution in [-0.4, -0.2) is 34.3 Å².